The number of allylic oxidation sites excluding steroid dienone is 2. The van der Waals surface area contributed by atoms with Crippen LogP contribution in [0.1, 0.15) is 177 Å². The summed E-state index contributed by atoms with van der Waals surface area (Å²) in [5.74, 6) is -0.705. The van der Waals surface area contributed by atoms with Crippen LogP contribution in [0.3, 0.4) is 0 Å². The number of nitrogens with one attached hydrogen (secondary N) is 5. The van der Waals surface area contributed by atoms with Crippen LogP contribution in [0, 0.1) is 0 Å². The molecule has 0 aromatic heterocycles. The van der Waals surface area contributed by atoms with Crippen molar-refractivity contribution in [3.8, 4) is 0 Å². The van der Waals surface area contributed by atoms with E-state index >= 15 is 0 Å². The number of hydrogen-bond donors (Lipinski definition) is 5. The Bertz CT molecular complexity index is 1050. The molecule has 2 atom stereocenters. The van der Waals surface area contributed by atoms with E-state index < -0.39 is 35.5 Å². The molecule has 5 N–H and O–H groups in total. The smallest absolute Gasteiger partial charge is 0.408 e. The van der Waals surface area contributed by atoms with Gasteiger partial charge in [0, 0.05) is 26.6 Å². The van der Waals surface area contributed by atoms with Crippen molar-refractivity contribution < 1.29 is 33.4 Å². The van der Waals surface area contributed by atoms with Crippen LogP contribution in [0.4, 0.5) is 9.59 Å². The first kappa shape index (κ1) is 49.7. The van der Waals surface area contributed by atoms with Crippen LogP contribution in [-0.2, 0) is 23.9 Å². The summed E-state index contributed by atoms with van der Waals surface area (Å²) < 4.78 is 10.6. The van der Waals surface area contributed by atoms with Crippen molar-refractivity contribution in [3.63, 3.8) is 0 Å². The molecule has 0 aliphatic carbocycles. The van der Waals surface area contributed by atoms with Crippen molar-refractivity contribution in [1.82, 2.24) is 26.6 Å². The number of ether oxygens (including phenoxy) is 2. The van der Waals surface area contributed by atoms with E-state index in [4.69, 9.17) is 9.47 Å². The number of unbranched alkanes of at least 4 members (excludes halogenated alkanes) is 13. The van der Waals surface area contributed by atoms with Crippen LogP contribution in [0.5, 0.6) is 0 Å². The number of alkyl carbamates (subject to hydrolysis) is 2. The average Bonchev–Trinajstić information content (AvgIpc) is 3.06. The highest BCUT2D eigenvalue weighted by molar-refractivity contribution is 5.87. The summed E-state index contributed by atoms with van der Waals surface area (Å²) >= 11 is 0. The van der Waals surface area contributed by atoms with Gasteiger partial charge in [0.05, 0.1) is 0 Å². The van der Waals surface area contributed by atoms with Gasteiger partial charge < -0.3 is 36.1 Å². The SMILES string of the molecule is CCCCCCCCC=CCCCCCCCC(=O)NC(CCCCNC(=O)C(CCCCNC(=O)OC(C)(C)C)NC(=O)OC(C)(C)C)C(=O)NC. The van der Waals surface area contributed by atoms with E-state index in [1.54, 1.807) is 48.6 Å². The standard InChI is InChI=1S/C41H77N5O7/c1-9-10-11-12-13-14-15-16-17-18-19-20-21-22-23-30-35(47)45-33(36(48)42-8)28-24-26-31-43-37(49)34(46-39(51)53-41(5,6)7)29-25-27-32-44-38(50)52-40(2,3)4/h16-17,33-34H,9-15,18-32H2,1-8H3,(H,42,48)(H,43,49)(H,44,50)(H,45,47)(H,46,51). The molecular weight excluding hydrogens is 674 g/mol. The summed E-state index contributed by atoms with van der Waals surface area (Å²) in [4.78, 5) is 62.5. The summed E-state index contributed by atoms with van der Waals surface area (Å²) in [5.41, 5.74) is -1.31. The lowest BCUT2D eigenvalue weighted by atomic mass is 10.1. The fraction of sp³-hybridized carbons (Fsp3) is 0.829. The van der Waals surface area contributed by atoms with Crippen LogP contribution in [0.15, 0.2) is 12.2 Å². The lowest BCUT2D eigenvalue weighted by Crippen LogP contribution is -2.48. The van der Waals surface area contributed by atoms with E-state index in [9.17, 15) is 24.0 Å². The van der Waals surface area contributed by atoms with Gasteiger partial charge >= 0.3 is 12.2 Å². The molecule has 0 aromatic carbocycles. The van der Waals surface area contributed by atoms with Crippen LogP contribution >= 0.6 is 0 Å². The van der Waals surface area contributed by atoms with Gasteiger partial charge in [0.15, 0.2) is 0 Å². The van der Waals surface area contributed by atoms with Crippen molar-refractivity contribution in [3.05, 3.63) is 12.2 Å². The Kier molecular flexibility index (Phi) is 28.2. The fourth-order valence-electron chi connectivity index (χ4n) is 5.57. The maximum atomic E-state index is 13.1. The minimum absolute atomic E-state index is 0.123. The number of carbonyl (C=O) groups excluding carboxylic acids is 5. The third-order valence-electron chi connectivity index (χ3n) is 8.38. The van der Waals surface area contributed by atoms with Gasteiger partial charge in [-0.1, -0.05) is 70.4 Å². The van der Waals surface area contributed by atoms with Crippen molar-refractivity contribution in [1.29, 1.82) is 0 Å². The van der Waals surface area contributed by atoms with E-state index in [0.717, 1.165) is 32.1 Å². The van der Waals surface area contributed by atoms with Crippen molar-refractivity contribution in [2.75, 3.05) is 20.1 Å². The van der Waals surface area contributed by atoms with Gasteiger partial charge in [0.1, 0.15) is 23.3 Å². The summed E-state index contributed by atoms with van der Waals surface area (Å²) in [6, 6.07) is -1.46. The summed E-state index contributed by atoms with van der Waals surface area (Å²) in [7, 11) is 1.55. The highest BCUT2D eigenvalue weighted by Crippen LogP contribution is 2.12. The third-order valence-corrected chi connectivity index (χ3v) is 8.38. The predicted molar refractivity (Wildman–Crippen MR) is 214 cm³/mol. The molecule has 0 heterocycles. The monoisotopic (exact) mass is 752 g/mol. The minimum atomic E-state index is -0.819. The van der Waals surface area contributed by atoms with Gasteiger partial charge in [0.2, 0.25) is 17.7 Å². The zero-order valence-corrected chi connectivity index (χ0v) is 34.7. The van der Waals surface area contributed by atoms with Crippen LogP contribution in [-0.4, -0.2) is 73.3 Å². The Morgan fingerprint density at radius 3 is 1.55 bits per heavy atom. The third kappa shape index (κ3) is 31.9. The largest absolute Gasteiger partial charge is 0.444 e. The van der Waals surface area contributed by atoms with E-state index in [0.29, 0.717) is 58.0 Å². The molecule has 5 amide bonds. The van der Waals surface area contributed by atoms with Crippen LogP contribution < -0.4 is 26.6 Å². The Morgan fingerprint density at radius 2 is 1.02 bits per heavy atom. The number of carbonyl (C=O) groups is 5. The first-order chi connectivity index (χ1) is 25.1. The molecule has 308 valence electrons. The molecule has 0 aliphatic rings. The maximum absolute atomic E-state index is 13.1. The molecule has 0 rings (SSSR count). The molecule has 12 heteroatoms. The van der Waals surface area contributed by atoms with Gasteiger partial charge in [-0.2, -0.15) is 0 Å². The summed E-state index contributed by atoms with van der Waals surface area (Å²) in [5, 5.41) is 13.8. The molecule has 2 unspecified atom stereocenters. The van der Waals surface area contributed by atoms with Crippen LogP contribution in [0.2, 0.25) is 0 Å². The second-order valence-electron chi connectivity index (χ2n) is 16.0. The van der Waals surface area contributed by atoms with Gasteiger partial charge in [-0.3, -0.25) is 14.4 Å². The van der Waals surface area contributed by atoms with Crippen molar-refractivity contribution in [2.45, 2.75) is 200 Å². The maximum Gasteiger partial charge on any atom is 0.408 e. The molecular formula is C41H77N5O7. The highest BCUT2D eigenvalue weighted by Gasteiger charge is 2.24. The zero-order valence-electron chi connectivity index (χ0n) is 34.7. The number of hydrogen-bond acceptors (Lipinski definition) is 7. The Morgan fingerprint density at radius 1 is 0.547 bits per heavy atom. The quantitative estimate of drug-likeness (QED) is 0.0381. The first-order valence-electron chi connectivity index (χ1n) is 20.5. The number of rotatable bonds is 29. The topological polar surface area (TPSA) is 164 Å². The van der Waals surface area contributed by atoms with E-state index in [2.05, 4.69) is 45.7 Å². The molecule has 0 spiro atoms. The number of likely N-dealkylation sites (N-methyl/N-ethyl adjacent to an activating group) is 1. The van der Waals surface area contributed by atoms with E-state index in [-0.39, 0.29) is 17.7 Å². The van der Waals surface area contributed by atoms with Gasteiger partial charge in [-0.25, -0.2) is 9.59 Å². The zero-order chi connectivity index (χ0) is 40.0. The Hall–Kier alpha value is -3.31. The minimum Gasteiger partial charge on any atom is -0.444 e. The predicted octanol–water partition coefficient (Wildman–Crippen LogP) is 8.13. The fourth-order valence-corrected chi connectivity index (χ4v) is 5.57. The summed E-state index contributed by atoms with van der Waals surface area (Å²) in [6.45, 7) is 13.6. The molecule has 0 fully saturated rings. The van der Waals surface area contributed by atoms with Crippen molar-refractivity contribution >= 4 is 29.9 Å². The van der Waals surface area contributed by atoms with E-state index in [1.807, 2.05) is 0 Å². The molecule has 0 aliphatic heterocycles. The second-order valence-corrected chi connectivity index (χ2v) is 16.0. The lowest BCUT2D eigenvalue weighted by Gasteiger charge is -2.23. The second kappa shape index (κ2) is 30.1. The Balaban J connectivity index is 4.49. The molecule has 0 bridgehead atoms. The van der Waals surface area contributed by atoms with Gasteiger partial charge in [-0.15, -0.1) is 0 Å². The molecule has 0 radical (unpaired) electrons. The Labute approximate surface area is 321 Å². The van der Waals surface area contributed by atoms with Gasteiger partial charge in [-0.05, 0) is 112 Å². The van der Waals surface area contributed by atoms with Gasteiger partial charge in [0.25, 0.3) is 0 Å². The van der Waals surface area contributed by atoms with Crippen LogP contribution in [0.25, 0.3) is 0 Å². The number of amides is 5. The summed E-state index contributed by atoms with van der Waals surface area (Å²) in [6.07, 6.45) is 22.5. The molecule has 0 aromatic rings. The molecule has 0 saturated heterocycles. The molecule has 53 heavy (non-hydrogen) atoms. The van der Waals surface area contributed by atoms with Crippen molar-refractivity contribution in [2.24, 2.45) is 0 Å². The van der Waals surface area contributed by atoms with E-state index in [1.165, 1.54) is 51.4 Å². The lowest BCUT2D eigenvalue weighted by molar-refractivity contribution is -0.129. The molecule has 12 nitrogen and oxygen atoms in total. The average molecular weight is 752 g/mol. The first-order valence-corrected chi connectivity index (χ1v) is 20.5. The molecule has 0 saturated carbocycles. The highest BCUT2D eigenvalue weighted by atomic mass is 16.6. The normalized spacial score (nSPS) is 12.8.